The summed E-state index contributed by atoms with van der Waals surface area (Å²) >= 11 is 3.27. The molecule has 1 heterocycles. The predicted octanol–water partition coefficient (Wildman–Crippen LogP) is 1.46. The van der Waals surface area contributed by atoms with Gasteiger partial charge in [0.2, 0.25) is 0 Å². The van der Waals surface area contributed by atoms with Crippen LogP contribution in [-0.4, -0.2) is 5.33 Å². The third-order valence-corrected chi connectivity index (χ3v) is 1.62. The molecule has 62 valence electrons. The number of alkyl halides is 1. The lowest BCUT2D eigenvalue weighted by Crippen LogP contribution is -2.24. The van der Waals surface area contributed by atoms with Crippen LogP contribution >= 0.6 is 15.9 Å². The standard InChI is InChI=1S/C9H8BrNO/c10-6-2-1-4-9-5-3-7-11(12)8-9/h3,5,7-8H,2,6H2. The molecule has 0 aliphatic carbocycles. The molecule has 0 spiro atoms. The van der Waals surface area contributed by atoms with E-state index in [0.717, 1.165) is 22.0 Å². The number of rotatable bonds is 1. The Morgan fingerprint density at radius 2 is 2.42 bits per heavy atom. The molecule has 0 saturated heterocycles. The van der Waals surface area contributed by atoms with Gasteiger partial charge in [-0.1, -0.05) is 27.8 Å². The third-order valence-electron chi connectivity index (χ3n) is 1.23. The molecule has 1 aromatic rings. The number of nitrogens with zero attached hydrogens (tertiary/aromatic N) is 1. The maximum atomic E-state index is 10.8. The molecule has 0 radical (unpaired) electrons. The molecule has 0 aromatic carbocycles. The van der Waals surface area contributed by atoms with Gasteiger partial charge in [-0.2, -0.15) is 4.73 Å². The molecule has 1 rings (SSSR count). The normalized spacial score (nSPS) is 8.75. The summed E-state index contributed by atoms with van der Waals surface area (Å²) in [5.41, 5.74) is 0.758. The van der Waals surface area contributed by atoms with Crippen LogP contribution in [0.5, 0.6) is 0 Å². The Kier molecular flexibility index (Phi) is 3.62. The number of aromatic nitrogens is 1. The Balaban J connectivity index is 2.71. The van der Waals surface area contributed by atoms with Gasteiger partial charge in [-0.15, -0.1) is 0 Å². The van der Waals surface area contributed by atoms with E-state index in [4.69, 9.17) is 0 Å². The number of pyridine rings is 1. The molecule has 0 N–H and O–H groups in total. The highest BCUT2D eigenvalue weighted by molar-refractivity contribution is 9.09. The lowest BCUT2D eigenvalue weighted by Gasteiger charge is -1.92. The number of hydrogen-bond acceptors (Lipinski definition) is 1. The van der Waals surface area contributed by atoms with Crippen molar-refractivity contribution in [2.24, 2.45) is 0 Å². The minimum Gasteiger partial charge on any atom is -0.619 e. The predicted molar refractivity (Wildman–Crippen MR) is 50.7 cm³/mol. The van der Waals surface area contributed by atoms with Crippen LogP contribution in [0.2, 0.25) is 0 Å². The van der Waals surface area contributed by atoms with Crippen LogP contribution in [0.4, 0.5) is 0 Å². The largest absolute Gasteiger partial charge is 0.619 e. The van der Waals surface area contributed by atoms with Gasteiger partial charge in [0, 0.05) is 17.8 Å². The summed E-state index contributed by atoms with van der Waals surface area (Å²) in [6.07, 6.45) is 3.70. The van der Waals surface area contributed by atoms with Crippen molar-refractivity contribution in [3.8, 4) is 11.8 Å². The van der Waals surface area contributed by atoms with E-state index in [2.05, 4.69) is 27.8 Å². The summed E-state index contributed by atoms with van der Waals surface area (Å²) in [7, 11) is 0. The summed E-state index contributed by atoms with van der Waals surface area (Å²) in [5, 5.41) is 11.6. The van der Waals surface area contributed by atoms with E-state index in [1.165, 1.54) is 12.4 Å². The first-order chi connectivity index (χ1) is 5.83. The average Bonchev–Trinajstić information content (AvgIpc) is 2.05. The van der Waals surface area contributed by atoms with E-state index >= 15 is 0 Å². The molecule has 0 aliphatic rings. The Hall–Kier alpha value is -1.01. The second-order valence-corrected chi connectivity index (χ2v) is 2.99. The van der Waals surface area contributed by atoms with Crippen LogP contribution < -0.4 is 4.73 Å². The molecule has 0 aliphatic heterocycles. The molecule has 0 saturated carbocycles. The van der Waals surface area contributed by atoms with Crippen molar-refractivity contribution in [3.63, 3.8) is 0 Å². The van der Waals surface area contributed by atoms with E-state index in [1.54, 1.807) is 6.07 Å². The van der Waals surface area contributed by atoms with Gasteiger partial charge in [0.15, 0.2) is 12.4 Å². The monoisotopic (exact) mass is 225 g/mol. The molecule has 3 heteroatoms. The molecular formula is C9H8BrNO. The molecule has 0 amide bonds. The highest BCUT2D eigenvalue weighted by atomic mass is 79.9. The van der Waals surface area contributed by atoms with Crippen LogP contribution in [0, 0.1) is 17.0 Å². The Bertz CT molecular complexity index is 314. The highest BCUT2D eigenvalue weighted by Gasteiger charge is 1.90. The highest BCUT2D eigenvalue weighted by Crippen LogP contribution is 1.91. The van der Waals surface area contributed by atoms with Gasteiger partial charge in [-0.3, -0.25) is 0 Å². The minimum absolute atomic E-state index is 0.748. The van der Waals surface area contributed by atoms with Crippen molar-refractivity contribution >= 4 is 15.9 Å². The molecule has 0 atom stereocenters. The van der Waals surface area contributed by atoms with Gasteiger partial charge in [0.05, 0.1) is 5.56 Å². The zero-order valence-electron chi connectivity index (χ0n) is 6.46. The van der Waals surface area contributed by atoms with Crippen molar-refractivity contribution < 1.29 is 4.73 Å². The fourth-order valence-electron chi connectivity index (χ4n) is 0.740. The quantitative estimate of drug-likeness (QED) is 0.308. The van der Waals surface area contributed by atoms with Gasteiger partial charge >= 0.3 is 0 Å². The maximum absolute atomic E-state index is 10.8. The molecule has 2 nitrogen and oxygen atoms in total. The molecular weight excluding hydrogens is 218 g/mol. The fourth-order valence-corrected chi connectivity index (χ4v) is 0.939. The van der Waals surface area contributed by atoms with Crippen LogP contribution in [-0.2, 0) is 0 Å². The molecule has 1 aromatic heterocycles. The van der Waals surface area contributed by atoms with Crippen LogP contribution in [0.3, 0.4) is 0 Å². The first-order valence-electron chi connectivity index (χ1n) is 3.56. The van der Waals surface area contributed by atoms with Crippen molar-refractivity contribution in [1.29, 1.82) is 0 Å². The Labute approximate surface area is 79.9 Å². The molecule has 0 bridgehead atoms. The first kappa shape index (κ1) is 9.08. The molecule has 0 unspecified atom stereocenters. The van der Waals surface area contributed by atoms with E-state index in [-0.39, 0.29) is 0 Å². The first-order valence-corrected chi connectivity index (χ1v) is 4.69. The molecule has 0 fully saturated rings. The van der Waals surface area contributed by atoms with Crippen molar-refractivity contribution in [2.45, 2.75) is 6.42 Å². The van der Waals surface area contributed by atoms with E-state index in [1.807, 2.05) is 6.07 Å². The van der Waals surface area contributed by atoms with Crippen molar-refractivity contribution in [3.05, 3.63) is 35.3 Å². The van der Waals surface area contributed by atoms with Gasteiger partial charge in [-0.25, -0.2) is 0 Å². The van der Waals surface area contributed by atoms with Crippen LogP contribution in [0.25, 0.3) is 0 Å². The van der Waals surface area contributed by atoms with E-state index < -0.39 is 0 Å². The summed E-state index contributed by atoms with van der Waals surface area (Å²) < 4.78 is 0.748. The van der Waals surface area contributed by atoms with E-state index in [9.17, 15) is 5.21 Å². The summed E-state index contributed by atoms with van der Waals surface area (Å²) in [4.78, 5) is 0. The Morgan fingerprint density at radius 1 is 1.58 bits per heavy atom. The van der Waals surface area contributed by atoms with E-state index in [0.29, 0.717) is 0 Å². The zero-order chi connectivity index (χ0) is 8.81. The van der Waals surface area contributed by atoms with Crippen molar-refractivity contribution in [2.75, 3.05) is 5.33 Å². The SMILES string of the molecule is [O-][n+]1cccc(C#CCCBr)c1. The molecule has 12 heavy (non-hydrogen) atoms. The van der Waals surface area contributed by atoms with Crippen LogP contribution in [0.1, 0.15) is 12.0 Å². The van der Waals surface area contributed by atoms with Gasteiger partial charge in [0.25, 0.3) is 0 Å². The van der Waals surface area contributed by atoms with Gasteiger partial charge < -0.3 is 5.21 Å². The summed E-state index contributed by atoms with van der Waals surface area (Å²) in [6.45, 7) is 0. The second kappa shape index (κ2) is 4.78. The smallest absolute Gasteiger partial charge is 0.195 e. The third kappa shape index (κ3) is 2.93. The minimum atomic E-state index is 0.748. The number of hydrogen-bond donors (Lipinski definition) is 0. The summed E-state index contributed by atoms with van der Waals surface area (Å²) in [6, 6.07) is 3.50. The summed E-state index contributed by atoms with van der Waals surface area (Å²) in [5.74, 6) is 5.82. The maximum Gasteiger partial charge on any atom is 0.195 e. The lowest BCUT2D eigenvalue weighted by molar-refractivity contribution is -0.605. The number of halogens is 1. The second-order valence-electron chi connectivity index (χ2n) is 2.19. The van der Waals surface area contributed by atoms with Gasteiger partial charge in [-0.05, 0) is 6.07 Å². The van der Waals surface area contributed by atoms with Gasteiger partial charge in [0.1, 0.15) is 0 Å². The Morgan fingerprint density at radius 3 is 3.08 bits per heavy atom. The zero-order valence-corrected chi connectivity index (χ0v) is 8.04. The average molecular weight is 226 g/mol. The lowest BCUT2D eigenvalue weighted by atomic mass is 10.3. The topological polar surface area (TPSA) is 26.9 Å². The fraction of sp³-hybridized carbons (Fsp3) is 0.222. The van der Waals surface area contributed by atoms with Crippen molar-refractivity contribution in [1.82, 2.24) is 0 Å². The van der Waals surface area contributed by atoms with Crippen LogP contribution in [0.15, 0.2) is 24.5 Å².